The van der Waals surface area contributed by atoms with Gasteiger partial charge in [-0.15, -0.1) is 0 Å². The van der Waals surface area contributed by atoms with Crippen LogP contribution in [0, 0.1) is 0 Å². The molecule has 0 unspecified atom stereocenters. The van der Waals surface area contributed by atoms with Gasteiger partial charge in [0.15, 0.2) is 0 Å². The summed E-state index contributed by atoms with van der Waals surface area (Å²) in [7, 11) is 0. The van der Waals surface area contributed by atoms with Crippen LogP contribution in [0.1, 0.15) is 48.3 Å². The van der Waals surface area contributed by atoms with Gasteiger partial charge in [-0.25, -0.2) is 0 Å². The summed E-state index contributed by atoms with van der Waals surface area (Å²) in [5, 5.41) is 20.4. The number of aromatic hydroxyl groups is 2. The van der Waals surface area contributed by atoms with E-state index in [0.717, 1.165) is 40.8 Å². The largest absolute Gasteiger partial charge is 0.508 e. The van der Waals surface area contributed by atoms with E-state index in [1.54, 1.807) is 24.3 Å². The van der Waals surface area contributed by atoms with Crippen LogP contribution in [-0.2, 0) is 0 Å². The fourth-order valence-electron chi connectivity index (χ4n) is 3.41. The standard InChI is InChI=1S/C25H27BrO3/c26-17-3-1-2-4-18-29-24-15-9-21(10-16-24)25(19-5-11-22(27)12-6-19)20-7-13-23(28)14-8-20/h5-16,25,27-28H,1-4,17-18H2. The van der Waals surface area contributed by atoms with Crippen LogP contribution < -0.4 is 4.74 Å². The minimum atomic E-state index is 0.00880. The molecule has 152 valence electrons. The van der Waals surface area contributed by atoms with Crippen LogP contribution in [0.5, 0.6) is 17.2 Å². The van der Waals surface area contributed by atoms with Crippen LogP contribution in [0.3, 0.4) is 0 Å². The Kier molecular flexibility index (Phi) is 8.00. The molecule has 0 fully saturated rings. The van der Waals surface area contributed by atoms with E-state index in [0.29, 0.717) is 0 Å². The quantitative estimate of drug-likeness (QED) is 0.205. The topological polar surface area (TPSA) is 49.7 Å². The molecule has 3 rings (SSSR count). The summed E-state index contributed by atoms with van der Waals surface area (Å²) in [5.74, 6) is 1.38. The van der Waals surface area contributed by atoms with Crippen LogP contribution in [0.2, 0.25) is 0 Å². The van der Waals surface area contributed by atoms with Gasteiger partial charge in [-0.2, -0.15) is 0 Å². The van der Waals surface area contributed by atoms with Crippen LogP contribution in [0.15, 0.2) is 72.8 Å². The summed E-state index contributed by atoms with van der Waals surface area (Å²) >= 11 is 3.46. The Morgan fingerprint density at radius 3 is 1.55 bits per heavy atom. The number of hydrogen-bond acceptors (Lipinski definition) is 3. The highest BCUT2D eigenvalue weighted by molar-refractivity contribution is 9.09. The zero-order valence-corrected chi connectivity index (χ0v) is 18.0. The van der Waals surface area contributed by atoms with Gasteiger partial charge in [-0.1, -0.05) is 65.2 Å². The minimum absolute atomic E-state index is 0.00880. The maximum absolute atomic E-state index is 9.65. The molecule has 3 nitrogen and oxygen atoms in total. The predicted molar refractivity (Wildman–Crippen MR) is 121 cm³/mol. The van der Waals surface area contributed by atoms with Gasteiger partial charge in [0.25, 0.3) is 0 Å². The molecule has 0 spiro atoms. The molecular formula is C25H27BrO3. The van der Waals surface area contributed by atoms with Crippen molar-refractivity contribution in [2.45, 2.75) is 31.6 Å². The third-order valence-electron chi connectivity index (χ3n) is 4.96. The highest BCUT2D eigenvalue weighted by atomic mass is 79.9. The molecule has 29 heavy (non-hydrogen) atoms. The fourth-order valence-corrected chi connectivity index (χ4v) is 3.80. The lowest BCUT2D eigenvalue weighted by atomic mass is 9.85. The number of phenolic OH excluding ortho intramolecular Hbond substituents is 2. The molecule has 0 heterocycles. The summed E-state index contributed by atoms with van der Waals surface area (Å²) in [6.45, 7) is 0.737. The number of phenols is 2. The molecule has 2 N–H and O–H groups in total. The van der Waals surface area contributed by atoms with Crippen LogP contribution in [0.4, 0.5) is 0 Å². The molecule has 0 atom stereocenters. The first-order chi connectivity index (χ1) is 14.2. The van der Waals surface area contributed by atoms with Crippen molar-refractivity contribution in [2.75, 3.05) is 11.9 Å². The van der Waals surface area contributed by atoms with Crippen molar-refractivity contribution in [1.29, 1.82) is 0 Å². The molecule has 0 aromatic heterocycles. The summed E-state index contributed by atoms with van der Waals surface area (Å²) in [6.07, 6.45) is 4.70. The van der Waals surface area contributed by atoms with Gasteiger partial charge in [0.05, 0.1) is 6.61 Å². The van der Waals surface area contributed by atoms with Crippen LogP contribution in [-0.4, -0.2) is 22.2 Å². The van der Waals surface area contributed by atoms with Crippen molar-refractivity contribution in [1.82, 2.24) is 0 Å². The lowest BCUT2D eigenvalue weighted by Crippen LogP contribution is -2.04. The molecule has 0 bridgehead atoms. The SMILES string of the molecule is Oc1ccc(C(c2ccc(O)cc2)c2ccc(OCCCCCCBr)cc2)cc1. The summed E-state index contributed by atoms with van der Waals surface area (Å²) in [5.41, 5.74) is 3.29. The smallest absolute Gasteiger partial charge is 0.119 e. The molecule has 0 aliphatic heterocycles. The molecule has 0 amide bonds. The van der Waals surface area contributed by atoms with E-state index >= 15 is 0 Å². The number of alkyl halides is 1. The first-order valence-corrected chi connectivity index (χ1v) is 11.2. The predicted octanol–water partition coefficient (Wildman–Crippen LogP) is 6.61. The normalized spacial score (nSPS) is 11.0. The summed E-state index contributed by atoms with van der Waals surface area (Å²) < 4.78 is 5.89. The highest BCUT2D eigenvalue weighted by Crippen LogP contribution is 2.34. The molecule has 3 aromatic rings. The lowest BCUT2D eigenvalue weighted by Gasteiger charge is -2.19. The van der Waals surface area contributed by atoms with Gasteiger partial charge in [-0.3, -0.25) is 0 Å². The number of rotatable bonds is 10. The number of benzene rings is 3. The van der Waals surface area contributed by atoms with E-state index in [4.69, 9.17) is 4.74 Å². The van der Waals surface area contributed by atoms with Gasteiger partial charge >= 0.3 is 0 Å². The Balaban J connectivity index is 1.74. The third kappa shape index (κ3) is 6.26. The Hall–Kier alpha value is -2.46. The number of ether oxygens (including phenoxy) is 1. The molecule has 0 saturated carbocycles. The average molecular weight is 455 g/mol. The van der Waals surface area contributed by atoms with E-state index in [9.17, 15) is 10.2 Å². The molecular weight excluding hydrogens is 428 g/mol. The average Bonchev–Trinajstić information content (AvgIpc) is 2.74. The monoisotopic (exact) mass is 454 g/mol. The van der Waals surface area contributed by atoms with Crippen molar-refractivity contribution >= 4 is 15.9 Å². The molecule has 0 saturated heterocycles. The van der Waals surface area contributed by atoms with Gasteiger partial charge in [0, 0.05) is 11.2 Å². The number of halogens is 1. The van der Waals surface area contributed by atoms with E-state index in [1.807, 2.05) is 36.4 Å². The third-order valence-corrected chi connectivity index (χ3v) is 5.52. The Labute approximate surface area is 181 Å². The number of hydrogen-bond donors (Lipinski definition) is 2. The van der Waals surface area contributed by atoms with E-state index in [-0.39, 0.29) is 17.4 Å². The summed E-state index contributed by atoms with van der Waals surface area (Å²) in [4.78, 5) is 0. The Morgan fingerprint density at radius 1 is 0.621 bits per heavy atom. The first-order valence-electron chi connectivity index (χ1n) is 10.0. The van der Waals surface area contributed by atoms with Gasteiger partial charge < -0.3 is 14.9 Å². The fraction of sp³-hybridized carbons (Fsp3) is 0.280. The molecule has 4 heteroatoms. The van der Waals surface area contributed by atoms with Gasteiger partial charge in [0.2, 0.25) is 0 Å². The van der Waals surface area contributed by atoms with Gasteiger partial charge in [-0.05, 0) is 65.9 Å². The first kappa shape index (κ1) is 21.3. The van der Waals surface area contributed by atoms with Crippen molar-refractivity contribution < 1.29 is 14.9 Å². The van der Waals surface area contributed by atoms with Crippen molar-refractivity contribution in [3.63, 3.8) is 0 Å². The Bertz CT molecular complexity index is 813. The summed E-state index contributed by atoms with van der Waals surface area (Å²) in [6, 6.07) is 22.8. The minimum Gasteiger partial charge on any atom is -0.508 e. The lowest BCUT2D eigenvalue weighted by molar-refractivity contribution is 0.305. The maximum Gasteiger partial charge on any atom is 0.119 e. The van der Waals surface area contributed by atoms with E-state index in [1.165, 1.54) is 19.3 Å². The van der Waals surface area contributed by atoms with Gasteiger partial charge in [0.1, 0.15) is 17.2 Å². The van der Waals surface area contributed by atoms with Crippen molar-refractivity contribution in [3.8, 4) is 17.2 Å². The molecule has 0 aliphatic carbocycles. The van der Waals surface area contributed by atoms with Crippen molar-refractivity contribution in [3.05, 3.63) is 89.5 Å². The number of unbranched alkanes of at least 4 members (excludes halogenated alkanes) is 3. The van der Waals surface area contributed by atoms with Crippen LogP contribution >= 0.6 is 15.9 Å². The van der Waals surface area contributed by atoms with Crippen molar-refractivity contribution in [2.24, 2.45) is 0 Å². The molecule has 0 aliphatic rings. The second kappa shape index (κ2) is 10.9. The molecule has 0 radical (unpaired) electrons. The zero-order chi connectivity index (χ0) is 20.5. The van der Waals surface area contributed by atoms with Crippen LogP contribution in [0.25, 0.3) is 0 Å². The second-order valence-electron chi connectivity index (χ2n) is 7.14. The maximum atomic E-state index is 9.65. The van der Waals surface area contributed by atoms with E-state index in [2.05, 4.69) is 28.1 Å². The van der Waals surface area contributed by atoms with E-state index < -0.39 is 0 Å². The zero-order valence-electron chi connectivity index (χ0n) is 16.4. The molecule has 3 aromatic carbocycles. The second-order valence-corrected chi connectivity index (χ2v) is 7.93. The Morgan fingerprint density at radius 2 is 1.07 bits per heavy atom. The highest BCUT2D eigenvalue weighted by Gasteiger charge is 2.17.